The minimum atomic E-state index is -0.129. The van der Waals surface area contributed by atoms with E-state index in [-0.39, 0.29) is 5.91 Å². The molecule has 0 fully saturated rings. The Morgan fingerprint density at radius 1 is 1.43 bits per heavy atom. The third-order valence-corrected chi connectivity index (χ3v) is 4.19. The number of aromatic nitrogens is 3. The lowest BCUT2D eigenvalue weighted by Crippen LogP contribution is -2.25. The molecule has 0 aliphatic carbocycles. The van der Waals surface area contributed by atoms with Crippen LogP contribution in [0.2, 0.25) is 0 Å². The number of carbonyl (C=O) groups excluding carboxylic acids is 1. The molecule has 5 nitrogen and oxygen atoms in total. The number of rotatable bonds is 4. The molecule has 0 spiro atoms. The number of carbonyl (C=O) groups is 1. The van der Waals surface area contributed by atoms with Crippen molar-refractivity contribution in [3.63, 3.8) is 0 Å². The van der Waals surface area contributed by atoms with Gasteiger partial charge in [0.05, 0.1) is 10.2 Å². The molecule has 3 heterocycles. The maximum absolute atomic E-state index is 12.7. The first-order valence-corrected chi connectivity index (χ1v) is 8.23. The molecule has 0 atom stereocenters. The summed E-state index contributed by atoms with van der Waals surface area (Å²) >= 11 is 3.53. The van der Waals surface area contributed by atoms with Crippen molar-refractivity contribution in [3.05, 3.63) is 63.8 Å². The van der Waals surface area contributed by atoms with Crippen molar-refractivity contribution in [2.24, 2.45) is 0 Å². The molecule has 118 valence electrons. The van der Waals surface area contributed by atoms with Gasteiger partial charge in [0.25, 0.3) is 5.91 Å². The van der Waals surface area contributed by atoms with Gasteiger partial charge in [-0.2, -0.15) is 0 Å². The second-order valence-electron chi connectivity index (χ2n) is 5.36. The fourth-order valence-electron chi connectivity index (χ4n) is 2.53. The van der Waals surface area contributed by atoms with Gasteiger partial charge in [0.2, 0.25) is 0 Å². The first kappa shape index (κ1) is 15.7. The van der Waals surface area contributed by atoms with Gasteiger partial charge in [0.1, 0.15) is 5.69 Å². The van der Waals surface area contributed by atoms with E-state index in [1.165, 1.54) is 0 Å². The van der Waals surface area contributed by atoms with Crippen molar-refractivity contribution in [2.45, 2.75) is 26.8 Å². The first-order valence-electron chi connectivity index (χ1n) is 7.44. The number of nitrogens with zero attached hydrogens (tertiary/aromatic N) is 3. The van der Waals surface area contributed by atoms with Crippen LogP contribution in [-0.4, -0.2) is 20.3 Å². The summed E-state index contributed by atoms with van der Waals surface area (Å²) in [4.78, 5) is 21.3. The summed E-state index contributed by atoms with van der Waals surface area (Å²) < 4.78 is 2.75. The lowest BCUT2D eigenvalue weighted by atomic mass is 10.2. The number of hydrogen-bond acceptors (Lipinski definition) is 3. The van der Waals surface area contributed by atoms with E-state index in [0.717, 1.165) is 26.9 Å². The zero-order valence-corrected chi connectivity index (χ0v) is 14.6. The molecule has 0 unspecified atom stereocenters. The smallest absolute Gasteiger partial charge is 0.270 e. The van der Waals surface area contributed by atoms with Crippen molar-refractivity contribution in [1.82, 2.24) is 19.7 Å². The van der Waals surface area contributed by atoms with Crippen molar-refractivity contribution >= 4 is 27.5 Å². The molecule has 1 amide bonds. The molecule has 1 N–H and O–H groups in total. The monoisotopic (exact) mass is 372 g/mol. The van der Waals surface area contributed by atoms with Crippen LogP contribution < -0.4 is 5.32 Å². The maximum atomic E-state index is 12.7. The minimum Gasteiger partial charge on any atom is -0.347 e. The molecule has 0 saturated heterocycles. The van der Waals surface area contributed by atoms with Crippen LogP contribution in [0.5, 0.6) is 0 Å². The molecule has 0 aromatic carbocycles. The topological polar surface area (TPSA) is 59.3 Å². The molecular formula is C17H17BrN4O. The molecule has 0 bridgehead atoms. The van der Waals surface area contributed by atoms with Gasteiger partial charge in [-0.05, 0) is 52.5 Å². The van der Waals surface area contributed by atoms with Crippen LogP contribution in [0.1, 0.15) is 34.2 Å². The number of aryl methyl sites for hydroxylation is 2. The van der Waals surface area contributed by atoms with E-state index in [4.69, 9.17) is 0 Å². The van der Waals surface area contributed by atoms with Crippen molar-refractivity contribution in [2.75, 3.05) is 0 Å². The van der Waals surface area contributed by atoms with Gasteiger partial charge in [-0.15, -0.1) is 0 Å². The van der Waals surface area contributed by atoms with Gasteiger partial charge in [0.15, 0.2) is 5.65 Å². The Balaban J connectivity index is 1.96. The molecule has 3 rings (SSSR count). The molecule has 3 aromatic rings. The highest BCUT2D eigenvalue weighted by molar-refractivity contribution is 9.10. The number of nitrogens with one attached hydrogen (secondary N) is 1. The van der Waals surface area contributed by atoms with Crippen molar-refractivity contribution in [3.8, 4) is 0 Å². The van der Waals surface area contributed by atoms with E-state index in [0.29, 0.717) is 18.7 Å². The summed E-state index contributed by atoms with van der Waals surface area (Å²) in [5.41, 5.74) is 4.17. The van der Waals surface area contributed by atoms with E-state index in [1.807, 2.05) is 42.6 Å². The van der Waals surface area contributed by atoms with Crippen LogP contribution in [0.15, 0.2) is 41.3 Å². The van der Waals surface area contributed by atoms with E-state index in [1.54, 1.807) is 12.4 Å². The highest BCUT2D eigenvalue weighted by Gasteiger charge is 2.19. The Morgan fingerprint density at radius 3 is 2.96 bits per heavy atom. The van der Waals surface area contributed by atoms with Crippen LogP contribution >= 0.6 is 15.9 Å². The number of imidazole rings is 1. The number of pyridine rings is 2. The highest BCUT2D eigenvalue weighted by atomic mass is 79.9. The Labute approximate surface area is 142 Å². The van der Waals surface area contributed by atoms with Crippen molar-refractivity contribution in [1.29, 1.82) is 0 Å². The minimum absolute atomic E-state index is 0.129. The van der Waals surface area contributed by atoms with Gasteiger partial charge < -0.3 is 5.32 Å². The van der Waals surface area contributed by atoms with E-state index in [2.05, 4.69) is 31.2 Å². The first-order chi connectivity index (χ1) is 11.1. The molecule has 6 heteroatoms. The van der Waals surface area contributed by atoms with E-state index >= 15 is 0 Å². The summed E-state index contributed by atoms with van der Waals surface area (Å²) in [5.74, 6) is -0.129. The number of amides is 1. The van der Waals surface area contributed by atoms with Crippen LogP contribution in [0, 0.1) is 6.92 Å². The largest absolute Gasteiger partial charge is 0.347 e. The summed E-state index contributed by atoms with van der Waals surface area (Å²) in [5, 5.41) is 2.95. The molecular weight excluding hydrogens is 356 g/mol. The van der Waals surface area contributed by atoms with E-state index in [9.17, 15) is 4.79 Å². The van der Waals surface area contributed by atoms with Gasteiger partial charge in [-0.3, -0.25) is 14.2 Å². The predicted octanol–water partition coefficient (Wildman–Crippen LogP) is 3.29. The SMILES string of the molecule is CCc1nc2c(Br)cc(C)cn2c1C(=O)NCc1cccnc1. The van der Waals surface area contributed by atoms with Crippen LogP contribution in [0.25, 0.3) is 5.65 Å². The van der Waals surface area contributed by atoms with Crippen molar-refractivity contribution < 1.29 is 4.79 Å². The standard InChI is InChI=1S/C17H17BrN4O/c1-3-14-15(17(23)20-9-12-5-4-6-19-8-12)22-10-11(2)7-13(18)16(22)21-14/h4-8,10H,3,9H2,1-2H3,(H,20,23). The Bertz CT molecular complexity index is 858. The average Bonchev–Trinajstić information content (AvgIpc) is 2.92. The number of halogens is 1. The maximum Gasteiger partial charge on any atom is 0.270 e. The highest BCUT2D eigenvalue weighted by Crippen LogP contribution is 2.23. The van der Waals surface area contributed by atoms with Gasteiger partial charge in [0, 0.05) is 25.1 Å². The van der Waals surface area contributed by atoms with Gasteiger partial charge >= 0.3 is 0 Å². The van der Waals surface area contributed by atoms with Crippen LogP contribution in [0.3, 0.4) is 0 Å². The lowest BCUT2D eigenvalue weighted by Gasteiger charge is -2.07. The number of fused-ring (bicyclic) bond motifs is 1. The Morgan fingerprint density at radius 2 is 2.26 bits per heavy atom. The van der Waals surface area contributed by atoms with Gasteiger partial charge in [-0.25, -0.2) is 4.98 Å². The summed E-state index contributed by atoms with van der Waals surface area (Å²) in [7, 11) is 0. The zero-order valence-electron chi connectivity index (χ0n) is 13.0. The summed E-state index contributed by atoms with van der Waals surface area (Å²) in [6.45, 7) is 4.43. The molecule has 0 aliphatic heterocycles. The predicted molar refractivity (Wildman–Crippen MR) is 92.4 cm³/mol. The fraction of sp³-hybridized carbons (Fsp3) is 0.235. The molecule has 0 aliphatic rings. The number of hydrogen-bond donors (Lipinski definition) is 1. The Kier molecular flexibility index (Phi) is 4.43. The van der Waals surface area contributed by atoms with Crippen LogP contribution in [-0.2, 0) is 13.0 Å². The summed E-state index contributed by atoms with van der Waals surface area (Å²) in [6, 6.07) is 5.79. The fourth-order valence-corrected chi connectivity index (χ4v) is 3.18. The zero-order chi connectivity index (χ0) is 16.4. The molecule has 23 heavy (non-hydrogen) atoms. The second-order valence-corrected chi connectivity index (χ2v) is 6.22. The van der Waals surface area contributed by atoms with E-state index < -0.39 is 0 Å². The molecule has 0 radical (unpaired) electrons. The Hall–Kier alpha value is -2.21. The molecule has 3 aromatic heterocycles. The van der Waals surface area contributed by atoms with Crippen LogP contribution in [0.4, 0.5) is 0 Å². The summed E-state index contributed by atoms with van der Waals surface area (Å²) in [6.07, 6.45) is 6.09. The lowest BCUT2D eigenvalue weighted by molar-refractivity contribution is 0.0944. The third-order valence-electron chi connectivity index (χ3n) is 3.61. The second kappa shape index (κ2) is 6.50. The van der Waals surface area contributed by atoms with Gasteiger partial charge in [-0.1, -0.05) is 13.0 Å². The molecule has 0 saturated carbocycles. The average molecular weight is 373 g/mol. The quantitative estimate of drug-likeness (QED) is 0.764. The normalized spacial score (nSPS) is 10.9. The third kappa shape index (κ3) is 3.12.